The lowest BCUT2D eigenvalue weighted by atomic mass is 9.98. The molecular formula is C15H23NO4S. The number of aryl methyl sites for hydroxylation is 1. The van der Waals surface area contributed by atoms with Crippen LogP contribution in [0.5, 0.6) is 0 Å². The molecule has 0 amide bonds. The van der Waals surface area contributed by atoms with Gasteiger partial charge >= 0.3 is 5.97 Å². The van der Waals surface area contributed by atoms with E-state index in [1.807, 2.05) is 32.9 Å². The van der Waals surface area contributed by atoms with E-state index >= 15 is 0 Å². The maximum atomic E-state index is 12.0. The third-order valence-electron chi connectivity index (χ3n) is 3.13. The predicted octanol–water partition coefficient (Wildman–Crippen LogP) is 2.16. The Morgan fingerprint density at radius 1 is 1.24 bits per heavy atom. The maximum absolute atomic E-state index is 12.0. The fraction of sp³-hybridized carbons (Fsp3) is 0.533. The van der Waals surface area contributed by atoms with Gasteiger partial charge < -0.3 is 5.11 Å². The quantitative estimate of drug-likeness (QED) is 0.770. The molecule has 1 aromatic carbocycles. The van der Waals surface area contributed by atoms with Crippen molar-refractivity contribution in [3.63, 3.8) is 0 Å². The average Bonchev–Trinajstić information content (AvgIpc) is 2.36. The molecule has 0 fully saturated rings. The van der Waals surface area contributed by atoms with Crippen LogP contribution in [-0.4, -0.2) is 26.0 Å². The maximum Gasteiger partial charge on any atom is 0.307 e. The third-order valence-corrected chi connectivity index (χ3v) is 4.45. The molecule has 0 aliphatic carbocycles. The minimum atomic E-state index is -3.53. The summed E-state index contributed by atoms with van der Waals surface area (Å²) >= 11 is 0. The van der Waals surface area contributed by atoms with Crippen molar-refractivity contribution in [1.82, 2.24) is 4.72 Å². The summed E-state index contributed by atoms with van der Waals surface area (Å²) in [5.74, 6) is -1.60. The number of rotatable bonds is 8. The molecular weight excluding hydrogens is 290 g/mol. The van der Waals surface area contributed by atoms with Gasteiger partial charge in [0, 0.05) is 6.54 Å². The van der Waals surface area contributed by atoms with E-state index in [9.17, 15) is 13.2 Å². The number of carboxylic acid groups (broad SMARTS) is 1. The first kappa shape index (κ1) is 17.7. The molecule has 0 saturated carbocycles. The molecule has 1 rings (SSSR count). The lowest BCUT2D eigenvalue weighted by molar-refractivity contribution is -0.142. The highest BCUT2D eigenvalue weighted by atomic mass is 32.2. The topological polar surface area (TPSA) is 83.5 Å². The zero-order valence-electron chi connectivity index (χ0n) is 12.7. The summed E-state index contributed by atoms with van der Waals surface area (Å²) < 4.78 is 26.4. The summed E-state index contributed by atoms with van der Waals surface area (Å²) in [6.07, 6.45) is 0.447. The SMILES string of the molecule is Cc1ccc(CS(=O)(=O)NCC(CC(C)C)C(=O)O)cc1. The van der Waals surface area contributed by atoms with Crippen LogP contribution in [0.2, 0.25) is 0 Å². The molecule has 0 bridgehead atoms. The van der Waals surface area contributed by atoms with Crippen LogP contribution in [0.4, 0.5) is 0 Å². The van der Waals surface area contributed by atoms with Crippen LogP contribution >= 0.6 is 0 Å². The third kappa shape index (κ3) is 6.73. The number of hydrogen-bond acceptors (Lipinski definition) is 3. The Balaban J connectivity index is 2.63. The Bertz CT molecular complexity index is 564. The summed E-state index contributed by atoms with van der Waals surface area (Å²) in [4.78, 5) is 11.1. The van der Waals surface area contributed by atoms with E-state index in [-0.39, 0.29) is 18.2 Å². The van der Waals surface area contributed by atoms with Crippen LogP contribution in [-0.2, 0) is 20.6 Å². The first-order chi connectivity index (χ1) is 9.69. The number of carbonyl (C=O) groups is 1. The van der Waals surface area contributed by atoms with Gasteiger partial charge in [-0.3, -0.25) is 4.79 Å². The minimum absolute atomic E-state index is 0.0677. The number of sulfonamides is 1. The zero-order chi connectivity index (χ0) is 16.0. The average molecular weight is 313 g/mol. The predicted molar refractivity (Wildman–Crippen MR) is 82.4 cm³/mol. The fourth-order valence-corrected chi connectivity index (χ4v) is 3.21. The number of benzene rings is 1. The highest BCUT2D eigenvalue weighted by molar-refractivity contribution is 7.88. The van der Waals surface area contributed by atoms with E-state index in [0.29, 0.717) is 12.0 Å². The van der Waals surface area contributed by atoms with Gasteiger partial charge in [-0.2, -0.15) is 0 Å². The largest absolute Gasteiger partial charge is 0.481 e. The van der Waals surface area contributed by atoms with Crippen molar-refractivity contribution in [3.8, 4) is 0 Å². The summed E-state index contributed by atoms with van der Waals surface area (Å²) in [7, 11) is -3.53. The van der Waals surface area contributed by atoms with Crippen LogP contribution in [0.15, 0.2) is 24.3 Å². The highest BCUT2D eigenvalue weighted by Crippen LogP contribution is 2.12. The summed E-state index contributed by atoms with van der Waals surface area (Å²) in [5, 5.41) is 9.10. The standard InChI is InChI=1S/C15H23NO4S/c1-11(2)8-14(15(17)18)9-16-21(19,20)10-13-6-4-12(3)5-7-13/h4-7,11,14,16H,8-10H2,1-3H3,(H,17,18). The summed E-state index contributed by atoms with van der Waals surface area (Å²) in [5.41, 5.74) is 1.75. The second-order valence-corrected chi connectivity index (χ2v) is 7.56. The second-order valence-electron chi connectivity index (χ2n) is 5.76. The van der Waals surface area contributed by atoms with Crippen molar-refractivity contribution >= 4 is 16.0 Å². The van der Waals surface area contributed by atoms with E-state index in [2.05, 4.69) is 4.72 Å². The van der Waals surface area contributed by atoms with Crippen molar-refractivity contribution in [1.29, 1.82) is 0 Å². The van der Waals surface area contributed by atoms with E-state index in [0.717, 1.165) is 5.56 Å². The first-order valence-corrected chi connectivity index (χ1v) is 8.60. The van der Waals surface area contributed by atoms with Crippen molar-refractivity contribution in [2.45, 2.75) is 32.9 Å². The van der Waals surface area contributed by atoms with E-state index in [4.69, 9.17) is 5.11 Å². The van der Waals surface area contributed by atoms with Crippen molar-refractivity contribution < 1.29 is 18.3 Å². The lowest BCUT2D eigenvalue weighted by Crippen LogP contribution is -2.34. The van der Waals surface area contributed by atoms with Crippen LogP contribution in [0, 0.1) is 18.8 Å². The molecule has 0 heterocycles. The van der Waals surface area contributed by atoms with Crippen molar-refractivity contribution in [2.24, 2.45) is 11.8 Å². The van der Waals surface area contributed by atoms with Crippen LogP contribution < -0.4 is 4.72 Å². The fourth-order valence-electron chi connectivity index (χ4n) is 2.02. The molecule has 21 heavy (non-hydrogen) atoms. The van der Waals surface area contributed by atoms with Gasteiger partial charge in [-0.1, -0.05) is 43.7 Å². The van der Waals surface area contributed by atoms with Crippen LogP contribution in [0.3, 0.4) is 0 Å². The Hall–Kier alpha value is -1.40. The Labute approximate surface area is 126 Å². The molecule has 0 spiro atoms. The molecule has 0 radical (unpaired) electrons. The van der Waals surface area contributed by atoms with E-state index in [1.165, 1.54) is 0 Å². The molecule has 0 aromatic heterocycles. The Morgan fingerprint density at radius 2 is 1.81 bits per heavy atom. The summed E-state index contributed by atoms with van der Waals surface area (Å²) in [6.45, 7) is 5.69. The lowest BCUT2D eigenvalue weighted by Gasteiger charge is -2.15. The van der Waals surface area contributed by atoms with Crippen LogP contribution in [0.1, 0.15) is 31.4 Å². The molecule has 2 N–H and O–H groups in total. The molecule has 0 aliphatic heterocycles. The van der Waals surface area contributed by atoms with Crippen molar-refractivity contribution in [3.05, 3.63) is 35.4 Å². The Morgan fingerprint density at radius 3 is 2.29 bits per heavy atom. The summed E-state index contributed by atoms with van der Waals surface area (Å²) in [6, 6.07) is 7.22. The molecule has 1 atom stereocenters. The Kier molecular flexibility index (Phi) is 6.36. The van der Waals surface area contributed by atoms with Gasteiger partial charge in [-0.25, -0.2) is 13.1 Å². The molecule has 0 saturated heterocycles. The number of hydrogen-bond donors (Lipinski definition) is 2. The number of aliphatic carboxylic acids is 1. The molecule has 1 aromatic rings. The van der Waals surface area contributed by atoms with Gasteiger partial charge in [0.2, 0.25) is 10.0 Å². The molecule has 5 nitrogen and oxygen atoms in total. The van der Waals surface area contributed by atoms with E-state index in [1.54, 1.807) is 12.1 Å². The van der Waals surface area contributed by atoms with Gasteiger partial charge in [-0.15, -0.1) is 0 Å². The molecule has 1 unspecified atom stereocenters. The normalized spacial score (nSPS) is 13.3. The molecule has 0 aliphatic rings. The van der Waals surface area contributed by atoms with Crippen LogP contribution in [0.25, 0.3) is 0 Å². The molecule has 6 heteroatoms. The van der Waals surface area contributed by atoms with E-state index < -0.39 is 21.9 Å². The first-order valence-electron chi connectivity index (χ1n) is 6.95. The van der Waals surface area contributed by atoms with Gasteiger partial charge in [-0.05, 0) is 24.8 Å². The smallest absolute Gasteiger partial charge is 0.307 e. The highest BCUT2D eigenvalue weighted by Gasteiger charge is 2.21. The second kappa shape index (κ2) is 7.56. The van der Waals surface area contributed by atoms with Crippen molar-refractivity contribution in [2.75, 3.05) is 6.54 Å². The van der Waals surface area contributed by atoms with Gasteiger partial charge in [0.1, 0.15) is 0 Å². The minimum Gasteiger partial charge on any atom is -0.481 e. The molecule has 118 valence electrons. The number of nitrogens with one attached hydrogen (secondary N) is 1. The van der Waals surface area contributed by atoms with Gasteiger partial charge in [0.25, 0.3) is 0 Å². The zero-order valence-corrected chi connectivity index (χ0v) is 13.5. The van der Waals surface area contributed by atoms with Gasteiger partial charge in [0.15, 0.2) is 0 Å². The monoisotopic (exact) mass is 313 g/mol. The number of carboxylic acids is 1. The van der Waals surface area contributed by atoms with Gasteiger partial charge in [0.05, 0.1) is 11.7 Å².